The molecule has 0 bridgehead atoms. The van der Waals surface area contributed by atoms with Gasteiger partial charge in [-0.2, -0.15) is 0 Å². The molecule has 1 N–H and O–H groups in total. The summed E-state index contributed by atoms with van der Waals surface area (Å²) in [4.78, 5) is 37.2. The third-order valence-electron chi connectivity index (χ3n) is 3.47. The van der Waals surface area contributed by atoms with Gasteiger partial charge in [-0.25, -0.2) is 4.79 Å². The first-order valence-corrected chi connectivity index (χ1v) is 8.49. The molecule has 1 aromatic rings. The molecule has 1 rings (SSSR count). The summed E-state index contributed by atoms with van der Waals surface area (Å²) in [7, 11) is 1.47. The highest BCUT2D eigenvalue weighted by Crippen LogP contribution is 2.28. The minimum absolute atomic E-state index is 0.0718. The fourth-order valence-electron chi connectivity index (χ4n) is 2.17. The number of nitrogens with zero attached hydrogens (tertiary/aromatic N) is 1. The van der Waals surface area contributed by atoms with Crippen LogP contribution in [0.15, 0.2) is 18.2 Å². The van der Waals surface area contributed by atoms with Crippen LogP contribution in [-0.2, 0) is 14.3 Å². The van der Waals surface area contributed by atoms with Crippen molar-refractivity contribution in [3.63, 3.8) is 0 Å². The van der Waals surface area contributed by atoms with E-state index in [4.69, 9.17) is 14.2 Å². The van der Waals surface area contributed by atoms with Crippen molar-refractivity contribution in [3.8, 4) is 11.5 Å². The van der Waals surface area contributed by atoms with Gasteiger partial charge in [-0.1, -0.05) is 0 Å². The van der Waals surface area contributed by atoms with Crippen molar-refractivity contribution in [1.29, 1.82) is 0 Å². The quantitative estimate of drug-likeness (QED) is 0.626. The fraction of sp³-hybridized carbons (Fsp3) is 0.500. The molecule has 0 unspecified atom stereocenters. The third-order valence-corrected chi connectivity index (χ3v) is 3.47. The normalized spacial score (nSPS) is 10.0. The van der Waals surface area contributed by atoms with E-state index in [0.717, 1.165) is 0 Å². The molecule has 0 fully saturated rings. The Morgan fingerprint density at radius 3 is 2.42 bits per heavy atom. The van der Waals surface area contributed by atoms with Gasteiger partial charge in [0.1, 0.15) is 0 Å². The summed E-state index contributed by atoms with van der Waals surface area (Å²) in [5, 5.41) is 2.62. The van der Waals surface area contributed by atoms with Gasteiger partial charge in [0, 0.05) is 13.1 Å². The van der Waals surface area contributed by atoms with E-state index < -0.39 is 18.5 Å². The molecule has 26 heavy (non-hydrogen) atoms. The molecule has 0 aliphatic heterocycles. The molecular formula is C18H26N2O6. The van der Waals surface area contributed by atoms with Gasteiger partial charge in [0.2, 0.25) is 5.91 Å². The summed E-state index contributed by atoms with van der Waals surface area (Å²) in [5.41, 5.74) is 0.241. The molecular weight excluding hydrogens is 340 g/mol. The number of methoxy groups -OCH3 is 1. The van der Waals surface area contributed by atoms with Crippen molar-refractivity contribution in [3.05, 3.63) is 23.8 Å². The van der Waals surface area contributed by atoms with Gasteiger partial charge in [-0.3, -0.25) is 9.59 Å². The molecule has 144 valence electrons. The maximum Gasteiger partial charge on any atom is 0.338 e. The lowest BCUT2D eigenvalue weighted by Crippen LogP contribution is -2.42. The Kier molecular flexibility index (Phi) is 8.97. The topological polar surface area (TPSA) is 94.2 Å². The molecule has 2 amide bonds. The molecule has 0 radical (unpaired) electrons. The van der Waals surface area contributed by atoms with Crippen LogP contribution in [0.5, 0.6) is 11.5 Å². The molecule has 0 saturated carbocycles. The van der Waals surface area contributed by atoms with Crippen molar-refractivity contribution in [1.82, 2.24) is 10.2 Å². The second-order valence-corrected chi connectivity index (χ2v) is 5.24. The summed E-state index contributed by atoms with van der Waals surface area (Å²) in [6.07, 6.45) is 0. The van der Waals surface area contributed by atoms with Crippen molar-refractivity contribution in [2.24, 2.45) is 0 Å². The first-order valence-electron chi connectivity index (χ1n) is 8.49. The highest BCUT2D eigenvalue weighted by molar-refractivity contribution is 5.92. The lowest BCUT2D eigenvalue weighted by atomic mass is 10.2. The van der Waals surface area contributed by atoms with Crippen LogP contribution in [-0.4, -0.2) is 62.6 Å². The molecule has 0 spiro atoms. The average molecular weight is 366 g/mol. The number of amides is 2. The summed E-state index contributed by atoms with van der Waals surface area (Å²) in [5.74, 6) is -0.440. The lowest BCUT2D eigenvalue weighted by molar-refractivity contribution is -0.138. The van der Waals surface area contributed by atoms with Gasteiger partial charge in [0.05, 0.1) is 25.8 Å². The number of ether oxygens (including phenoxy) is 3. The van der Waals surface area contributed by atoms with Crippen molar-refractivity contribution < 1.29 is 28.6 Å². The zero-order valence-corrected chi connectivity index (χ0v) is 15.7. The van der Waals surface area contributed by atoms with Gasteiger partial charge >= 0.3 is 5.97 Å². The molecule has 0 heterocycles. The first-order chi connectivity index (χ1) is 12.5. The van der Waals surface area contributed by atoms with Crippen LogP contribution in [0.1, 0.15) is 31.1 Å². The average Bonchev–Trinajstić information content (AvgIpc) is 2.64. The summed E-state index contributed by atoms with van der Waals surface area (Å²) >= 11 is 0. The van der Waals surface area contributed by atoms with E-state index in [1.807, 2.05) is 6.92 Å². The Morgan fingerprint density at radius 1 is 1.12 bits per heavy atom. The number of hydrogen-bond acceptors (Lipinski definition) is 6. The Bertz CT molecular complexity index is 632. The number of carbonyl (C=O) groups excluding carboxylic acids is 3. The zero-order chi connectivity index (χ0) is 19.5. The second-order valence-electron chi connectivity index (χ2n) is 5.24. The van der Waals surface area contributed by atoms with Gasteiger partial charge < -0.3 is 24.4 Å². The van der Waals surface area contributed by atoms with E-state index in [0.29, 0.717) is 31.2 Å². The van der Waals surface area contributed by atoms with Gasteiger partial charge in [-0.15, -0.1) is 0 Å². The molecule has 0 aliphatic rings. The predicted octanol–water partition coefficient (Wildman–Crippen LogP) is 1.24. The van der Waals surface area contributed by atoms with Crippen LogP contribution in [0.4, 0.5) is 0 Å². The Labute approximate surface area is 153 Å². The highest BCUT2D eigenvalue weighted by atomic mass is 16.5. The highest BCUT2D eigenvalue weighted by Gasteiger charge is 2.18. The third kappa shape index (κ3) is 6.27. The second kappa shape index (κ2) is 11.0. The molecule has 0 aliphatic carbocycles. The van der Waals surface area contributed by atoms with E-state index in [1.165, 1.54) is 24.1 Å². The molecule has 8 nitrogen and oxygen atoms in total. The molecule has 8 heteroatoms. The van der Waals surface area contributed by atoms with Crippen LogP contribution in [0.2, 0.25) is 0 Å². The lowest BCUT2D eigenvalue weighted by Gasteiger charge is -2.20. The molecule has 1 aromatic carbocycles. The van der Waals surface area contributed by atoms with Crippen LogP contribution >= 0.6 is 0 Å². The van der Waals surface area contributed by atoms with Crippen molar-refractivity contribution >= 4 is 17.8 Å². The van der Waals surface area contributed by atoms with Gasteiger partial charge in [0.15, 0.2) is 18.1 Å². The number of likely N-dealkylation sites (N-methyl/N-ethyl adjacent to an activating group) is 2. The van der Waals surface area contributed by atoms with Crippen LogP contribution in [0.25, 0.3) is 0 Å². The monoisotopic (exact) mass is 366 g/mol. The van der Waals surface area contributed by atoms with Crippen LogP contribution in [0.3, 0.4) is 0 Å². The number of benzene rings is 1. The summed E-state index contributed by atoms with van der Waals surface area (Å²) in [6, 6.07) is 4.63. The van der Waals surface area contributed by atoms with Gasteiger partial charge in [-0.05, 0) is 39.0 Å². The van der Waals surface area contributed by atoms with E-state index in [9.17, 15) is 14.4 Å². The van der Waals surface area contributed by atoms with Crippen molar-refractivity contribution in [2.45, 2.75) is 20.8 Å². The number of rotatable bonds is 10. The maximum absolute atomic E-state index is 12.2. The standard InChI is InChI=1S/C18H26N2O6/c1-5-19-16(21)11-20(6-2)17(22)12-26-18(23)13-8-9-14(25-7-3)15(10-13)24-4/h8-10H,5-7,11-12H2,1-4H3,(H,19,21). The Hall–Kier alpha value is -2.77. The largest absolute Gasteiger partial charge is 0.493 e. The molecule has 0 saturated heterocycles. The van der Waals surface area contributed by atoms with Crippen LogP contribution < -0.4 is 14.8 Å². The van der Waals surface area contributed by atoms with Crippen LogP contribution in [0, 0.1) is 0 Å². The van der Waals surface area contributed by atoms with Gasteiger partial charge in [0.25, 0.3) is 5.91 Å². The summed E-state index contributed by atoms with van der Waals surface area (Å²) in [6.45, 7) is 6.16. The van der Waals surface area contributed by atoms with Crippen molar-refractivity contribution in [2.75, 3.05) is 40.0 Å². The van der Waals surface area contributed by atoms with E-state index >= 15 is 0 Å². The fourth-order valence-corrected chi connectivity index (χ4v) is 2.17. The Balaban J connectivity index is 2.67. The number of carbonyl (C=O) groups is 3. The number of hydrogen-bond donors (Lipinski definition) is 1. The minimum atomic E-state index is -0.659. The van der Waals surface area contributed by atoms with E-state index in [1.54, 1.807) is 19.9 Å². The zero-order valence-electron chi connectivity index (χ0n) is 15.7. The molecule has 0 atom stereocenters. The summed E-state index contributed by atoms with van der Waals surface area (Å²) < 4.78 is 15.6. The number of nitrogens with one attached hydrogen (secondary N) is 1. The minimum Gasteiger partial charge on any atom is -0.493 e. The number of esters is 1. The van der Waals surface area contributed by atoms with E-state index in [2.05, 4.69) is 5.32 Å². The molecule has 0 aromatic heterocycles. The predicted molar refractivity (Wildman–Crippen MR) is 95.4 cm³/mol. The smallest absolute Gasteiger partial charge is 0.338 e. The van der Waals surface area contributed by atoms with E-state index in [-0.39, 0.29) is 18.0 Å². The first kappa shape index (κ1) is 21.3. The SMILES string of the molecule is CCNC(=O)CN(CC)C(=O)COC(=O)c1ccc(OCC)c(OC)c1. The maximum atomic E-state index is 12.2. The Morgan fingerprint density at radius 2 is 1.85 bits per heavy atom.